The van der Waals surface area contributed by atoms with Crippen molar-refractivity contribution < 1.29 is 13.9 Å². The first-order chi connectivity index (χ1) is 8.11. The Kier molecular flexibility index (Phi) is 2.72. The van der Waals surface area contributed by atoms with Crippen molar-refractivity contribution in [2.45, 2.75) is 12.8 Å². The van der Waals surface area contributed by atoms with E-state index in [2.05, 4.69) is 5.32 Å². The molecular weight excluding hydrogens is 223 g/mol. The molecule has 5 heteroatoms. The van der Waals surface area contributed by atoms with Gasteiger partial charge in [-0.15, -0.1) is 0 Å². The van der Waals surface area contributed by atoms with Crippen molar-refractivity contribution in [1.29, 1.82) is 5.26 Å². The van der Waals surface area contributed by atoms with E-state index in [1.165, 1.54) is 25.3 Å². The Balaban J connectivity index is 2.12. The highest BCUT2D eigenvalue weighted by molar-refractivity contribution is 5.99. The molecule has 1 amide bonds. The third-order valence-corrected chi connectivity index (χ3v) is 2.81. The van der Waals surface area contributed by atoms with Crippen LogP contribution in [0.4, 0.5) is 10.1 Å². The molecule has 1 aromatic rings. The molecule has 0 radical (unpaired) electrons. The quantitative estimate of drug-likeness (QED) is 0.870. The summed E-state index contributed by atoms with van der Waals surface area (Å²) < 4.78 is 18.1. The molecular formula is C12H11FN2O2. The normalized spacial score (nSPS) is 15.8. The molecule has 0 saturated heterocycles. The first-order valence-electron chi connectivity index (χ1n) is 5.17. The Hall–Kier alpha value is -2.09. The highest BCUT2D eigenvalue weighted by atomic mass is 19.1. The number of rotatable bonds is 3. The molecule has 1 aliphatic carbocycles. The highest BCUT2D eigenvalue weighted by Crippen LogP contribution is 2.45. The Morgan fingerprint density at radius 2 is 2.29 bits per heavy atom. The second kappa shape index (κ2) is 4.06. The van der Waals surface area contributed by atoms with Gasteiger partial charge >= 0.3 is 0 Å². The maximum absolute atomic E-state index is 13.4. The summed E-state index contributed by atoms with van der Waals surface area (Å²) in [5.74, 6) is -0.805. The third kappa shape index (κ3) is 2.07. The summed E-state index contributed by atoms with van der Waals surface area (Å²) >= 11 is 0. The maximum atomic E-state index is 13.4. The van der Waals surface area contributed by atoms with Gasteiger partial charge < -0.3 is 10.1 Å². The van der Waals surface area contributed by atoms with Crippen molar-refractivity contribution in [1.82, 2.24) is 0 Å². The van der Waals surface area contributed by atoms with Gasteiger partial charge in [-0.1, -0.05) is 0 Å². The first kappa shape index (κ1) is 11.4. The minimum atomic E-state index is -0.906. The number of carbonyl (C=O) groups excluding carboxylic acids is 1. The number of halogens is 1. The molecule has 17 heavy (non-hydrogen) atoms. The summed E-state index contributed by atoms with van der Waals surface area (Å²) in [6.07, 6.45) is 1.13. The fourth-order valence-electron chi connectivity index (χ4n) is 1.51. The summed E-state index contributed by atoms with van der Waals surface area (Å²) in [4.78, 5) is 11.7. The number of methoxy groups -OCH3 is 1. The van der Waals surface area contributed by atoms with Gasteiger partial charge in [-0.05, 0) is 25.0 Å². The van der Waals surface area contributed by atoms with Crippen molar-refractivity contribution in [3.05, 3.63) is 24.0 Å². The van der Waals surface area contributed by atoms with Crippen molar-refractivity contribution in [3.63, 3.8) is 0 Å². The molecule has 0 heterocycles. The lowest BCUT2D eigenvalue weighted by Crippen LogP contribution is -2.22. The minimum Gasteiger partial charge on any atom is -0.494 e. The SMILES string of the molecule is COc1ccc(NC(=O)C2(C#N)CC2)cc1F. The van der Waals surface area contributed by atoms with Crippen LogP contribution in [-0.4, -0.2) is 13.0 Å². The predicted octanol–water partition coefficient (Wildman–Crippen LogP) is 2.08. The zero-order valence-electron chi connectivity index (χ0n) is 9.29. The van der Waals surface area contributed by atoms with Crippen LogP contribution in [0, 0.1) is 22.6 Å². The molecule has 0 aromatic heterocycles. The molecule has 1 fully saturated rings. The van der Waals surface area contributed by atoms with Crippen LogP contribution >= 0.6 is 0 Å². The number of carbonyl (C=O) groups is 1. The Morgan fingerprint density at radius 1 is 1.59 bits per heavy atom. The van der Waals surface area contributed by atoms with Crippen molar-refractivity contribution >= 4 is 11.6 Å². The molecule has 2 rings (SSSR count). The fourth-order valence-corrected chi connectivity index (χ4v) is 1.51. The van der Waals surface area contributed by atoms with Crippen LogP contribution < -0.4 is 10.1 Å². The van der Waals surface area contributed by atoms with Crippen molar-refractivity contribution in [2.24, 2.45) is 5.41 Å². The Labute approximate surface area is 98.0 Å². The number of nitriles is 1. The number of amides is 1. The predicted molar refractivity (Wildman–Crippen MR) is 58.9 cm³/mol. The lowest BCUT2D eigenvalue weighted by Gasteiger charge is -2.09. The number of ether oxygens (including phenoxy) is 1. The zero-order chi connectivity index (χ0) is 12.5. The number of benzene rings is 1. The third-order valence-electron chi connectivity index (χ3n) is 2.81. The van der Waals surface area contributed by atoms with E-state index in [0.717, 1.165) is 0 Å². The van der Waals surface area contributed by atoms with E-state index in [4.69, 9.17) is 10.00 Å². The Morgan fingerprint density at radius 3 is 2.76 bits per heavy atom. The van der Waals surface area contributed by atoms with Crippen molar-refractivity contribution in [3.8, 4) is 11.8 Å². The van der Waals surface area contributed by atoms with E-state index < -0.39 is 11.2 Å². The van der Waals surface area contributed by atoms with Gasteiger partial charge in [0, 0.05) is 11.8 Å². The number of anilines is 1. The second-order valence-corrected chi connectivity index (χ2v) is 4.00. The summed E-state index contributed by atoms with van der Waals surface area (Å²) in [7, 11) is 1.37. The van der Waals surface area contributed by atoms with Crippen LogP contribution in [0.2, 0.25) is 0 Å². The van der Waals surface area contributed by atoms with Gasteiger partial charge in [0.2, 0.25) is 5.91 Å². The number of nitrogens with one attached hydrogen (secondary N) is 1. The topological polar surface area (TPSA) is 62.1 Å². The monoisotopic (exact) mass is 234 g/mol. The second-order valence-electron chi connectivity index (χ2n) is 4.00. The van der Waals surface area contributed by atoms with E-state index >= 15 is 0 Å². The average molecular weight is 234 g/mol. The van der Waals surface area contributed by atoms with E-state index in [-0.39, 0.29) is 11.7 Å². The van der Waals surface area contributed by atoms with Crippen LogP contribution in [0.25, 0.3) is 0 Å². The first-order valence-corrected chi connectivity index (χ1v) is 5.17. The maximum Gasteiger partial charge on any atom is 0.244 e. The lowest BCUT2D eigenvalue weighted by molar-refractivity contribution is -0.119. The van der Waals surface area contributed by atoms with Crippen LogP contribution in [-0.2, 0) is 4.79 Å². The van der Waals surface area contributed by atoms with Gasteiger partial charge in [0.25, 0.3) is 0 Å². The Bertz CT molecular complexity index is 504. The smallest absolute Gasteiger partial charge is 0.244 e. The van der Waals surface area contributed by atoms with Crippen LogP contribution in [0.15, 0.2) is 18.2 Å². The zero-order valence-corrected chi connectivity index (χ0v) is 9.29. The molecule has 4 nitrogen and oxygen atoms in total. The minimum absolute atomic E-state index is 0.115. The summed E-state index contributed by atoms with van der Waals surface area (Å²) in [5.41, 5.74) is -0.578. The number of hydrogen-bond donors (Lipinski definition) is 1. The van der Waals surface area contributed by atoms with Crippen LogP contribution in [0.5, 0.6) is 5.75 Å². The van der Waals surface area contributed by atoms with Gasteiger partial charge in [-0.3, -0.25) is 4.79 Å². The molecule has 1 aliphatic rings. The molecule has 1 saturated carbocycles. The van der Waals surface area contributed by atoms with E-state index in [0.29, 0.717) is 18.5 Å². The molecule has 0 unspecified atom stereocenters. The molecule has 0 aliphatic heterocycles. The van der Waals surface area contributed by atoms with E-state index in [9.17, 15) is 9.18 Å². The summed E-state index contributed by atoms with van der Waals surface area (Å²) in [6, 6.07) is 6.11. The highest BCUT2D eigenvalue weighted by Gasteiger charge is 2.50. The largest absolute Gasteiger partial charge is 0.494 e. The van der Waals surface area contributed by atoms with Gasteiger partial charge in [0.15, 0.2) is 11.6 Å². The standard InChI is InChI=1S/C12H11FN2O2/c1-17-10-3-2-8(6-9(10)13)15-11(16)12(7-14)4-5-12/h2-3,6H,4-5H2,1H3,(H,15,16). The average Bonchev–Trinajstić information content (AvgIpc) is 3.10. The van der Waals surface area contributed by atoms with E-state index in [1.54, 1.807) is 0 Å². The number of hydrogen-bond acceptors (Lipinski definition) is 3. The van der Waals surface area contributed by atoms with Crippen LogP contribution in [0.3, 0.4) is 0 Å². The van der Waals surface area contributed by atoms with E-state index in [1.807, 2.05) is 6.07 Å². The molecule has 0 bridgehead atoms. The van der Waals surface area contributed by atoms with Gasteiger partial charge in [0.05, 0.1) is 13.2 Å². The van der Waals surface area contributed by atoms with Crippen LogP contribution in [0.1, 0.15) is 12.8 Å². The van der Waals surface area contributed by atoms with Gasteiger partial charge in [-0.25, -0.2) is 4.39 Å². The fraction of sp³-hybridized carbons (Fsp3) is 0.333. The molecule has 0 spiro atoms. The van der Waals surface area contributed by atoms with Crippen molar-refractivity contribution in [2.75, 3.05) is 12.4 Å². The molecule has 1 aromatic carbocycles. The van der Waals surface area contributed by atoms with Gasteiger partial charge in [0.1, 0.15) is 5.41 Å². The molecule has 1 N–H and O–H groups in total. The molecule has 88 valence electrons. The lowest BCUT2D eigenvalue weighted by atomic mass is 10.1. The molecule has 0 atom stereocenters. The van der Waals surface area contributed by atoms with Gasteiger partial charge in [-0.2, -0.15) is 5.26 Å². The summed E-state index contributed by atoms with van der Waals surface area (Å²) in [5, 5.41) is 11.4. The number of nitrogens with zero attached hydrogens (tertiary/aromatic N) is 1. The summed E-state index contributed by atoms with van der Waals surface area (Å²) in [6.45, 7) is 0.